The highest BCUT2D eigenvalue weighted by atomic mass is 16.4. The summed E-state index contributed by atoms with van der Waals surface area (Å²) in [6.07, 6.45) is 12.8. The minimum absolute atomic E-state index is 0.0973. The lowest BCUT2D eigenvalue weighted by Crippen LogP contribution is -2.40. The van der Waals surface area contributed by atoms with Crippen molar-refractivity contribution in [2.45, 2.75) is 85.7 Å². The Hall–Kier alpha value is -1.62. The van der Waals surface area contributed by atoms with Gasteiger partial charge in [0.1, 0.15) is 0 Å². The van der Waals surface area contributed by atoms with Gasteiger partial charge >= 0.3 is 6.09 Å². The first-order chi connectivity index (χ1) is 13.1. The van der Waals surface area contributed by atoms with Crippen LogP contribution in [0, 0.1) is 5.92 Å². The molecule has 156 valence electrons. The topological polar surface area (TPSA) is 64.9 Å². The van der Waals surface area contributed by atoms with E-state index < -0.39 is 6.09 Å². The van der Waals surface area contributed by atoms with Crippen LogP contribution in [0.25, 0.3) is 0 Å². The lowest BCUT2D eigenvalue weighted by atomic mass is 9.83. The predicted octanol–water partition coefficient (Wildman–Crippen LogP) is 5.49. The fourth-order valence-corrected chi connectivity index (χ4v) is 3.78. The summed E-state index contributed by atoms with van der Waals surface area (Å²) in [6.45, 7) is 13.9. The number of aliphatic imine (C=N–C) groups is 1. The van der Waals surface area contributed by atoms with Crippen molar-refractivity contribution in [2.75, 3.05) is 13.1 Å². The quantitative estimate of drug-likeness (QED) is 0.490. The van der Waals surface area contributed by atoms with Gasteiger partial charge in [-0.25, -0.2) is 4.79 Å². The molecule has 1 saturated heterocycles. The molecule has 2 N–H and O–H groups in total. The number of hydrogen-bond donors (Lipinski definition) is 2. The van der Waals surface area contributed by atoms with E-state index in [1.165, 1.54) is 31.4 Å². The molecule has 0 aromatic heterocycles. The summed E-state index contributed by atoms with van der Waals surface area (Å²) in [5.74, 6) is 0.550. The SMILES string of the molecule is CC.CC.CC=N/C(=C\C=C/C)C1CCC(N2CC[C@@H](NC(=O)O)C2)CC1. The van der Waals surface area contributed by atoms with Crippen molar-refractivity contribution >= 4 is 12.3 Å². The third-order valence-corrected chi connectivity index (χ3v) is 4.92. The molecule has 1 atom stereocenters. The van der Waals surface area contributed by atoms with Crippen molar-refractivity contribution in [1.29, 1.82) is 0 Å². The number of carboxylic acid groups (broad SMARTS) is 1. The van der Waals surface area contributed by atoms with Crippen LogP contribution in [0.4, 0.5) is 4.79 Å². The molecule has 2 rings (SSSR count). The maximum absolute atomic E-state index is 10.7. The molecule has 27 heavy (non-hydrogen) atoms. The second kappa shape index (κ2) is 15.4. The van der Waals surface area contributed by atoms with Gasteiger partial charge in [0.05, 0.1) is 0 Å². The van der Waals surface area contributed by atoms with E-state index in [0.29, 0.717) is 12.0 Å². The van der Waals surface area contributed by atoms with Gasteiger partial charge in [0.2, 0.25) is 0 Å². The maximum Gasteiger partial charge on any atom is 0.404 e. The van der Waals surface area contributed by atoms with Gasteiger partial charge in [0.15, 0.2) is 0 Å². The monoisotopic (exact) mass is 379 g/mol. The average molecular weight is 380 g/mol. The lowest BCUT2D eigenvalue weighted by molar-refractivity contribution is 0.166. The van der Waals surface area contributed by atoms with Crippen LogP contribution in [0.5, 0.6) is 0 Å². The van der Waals surface area contributed by atoms with E-state index in [2.05, 4.69) is 27.4 Å². The second-order valence-corrected chi connectivity index (χ2v) is 6.44. The molecule has 2 aliphatic rings. The van der Waals surface area contributed by atoms with Gasteiger partial charge in [-0.3, -0.25) is 9.89 Å². The highest BCUT2D eigenvalue weighted by Gasteiger charge is 2.32. The highest BCUT2D eigenvalue weighted by molar-refractivity contribution is 5.64. The summed E-state index contributed by atoms with van der Waals surface area (Å²) in [7, 11) is 0. The molecule has 0 unspecified atom stereocenters. The van der Waals surface area contributed by atoms with Crippen LogP contribution < -0.4 is 5.32 Å². The normalized spacial score (nSPS) is 26.3. The Bertz CT molecular complexity index is 478. The van der Waals surface area contributed by atoms with Crippen LogP contribution in [0.2, 0.25) is 0 Å². The highest BCUT2D eigenvalue weighted by Crippen LogP contribution is 2.34. The Kier molecular flexibility index (Phi) is 14.5. The van der Waals surface area contributed by atoms with Crippen LogP contribution in [0.15, 0.2) is 28.9 Å². The molecular weight excluding hydrogens is 338 g/mol. The van der Waals surface area contributed by atoms with Gasteiger partial charge in [-0.1, -0.05) is 39.8 Å². The minimum atomic E-state index is -0.906. The summed E-state index contributed by atoms with van der Waals surface area (Å²) in [4.78, 5) is 17.8. The van der Waals surface area contributed by atoms with Crippen molar-refractivity contribution in [3.8, 4) is 0 Å². The number of nitrogens with one attached hydrogen (secondary N) is 1. The van der Waals surface area contributed by atoms with Crippen molar-refractivity contribution in [1.82, 2.24) is 10.2 Å². The molecule has 1 amide bonds. The summed E-state index contributed by atoms with van der Waals surface area (Å²) in [6, 6.07) is 0.695. The van der Waals surface area contributed by atoms with Crippen molar-refractivity contribution in [3.05, 3.63) is 23.9 Å². The number of carbonyl (C=O) groups is 1. The zero-order chi connectivity index (χ0) is 20.7. The Morgan fingerprint density at radius 3 is 2.22 bits per heavy atom. The molecule has 0 spiro atoms. The van der Waals surface area contributed by atoms with Crippen LogP contribution >= 0.6 is 0 Å². The fourth-order valence-electron chi connectivity index (χ4n) is 3.78. The first-order valence-electron chi connectivity index (χ1n) is 10.7. The van der Waals surface area contributed by atoms with Crippen molar-refractivity contribution < 1.29 is 9.90 Å². The number of amides is 1. The molecule has 1 aliphatic carbocycles. The standard InChI is InChI=1S/C18H29N3O2.2C2H6/c1-3-5-6-17(19-4-2)14-7-9-16(10-8-14)21-12-11-15(13-21)20-18(22)23;2*1-2/h3-6,14-16,20H,7-13H2,1-2H3,(H,22,23);2*1-2H3/b5-3-,17-6-,19-4?;;/t14?,15-,16?;;/m1../s1. The maximum atomic E-state index is 10.7. The molecule has 1 saturated carbocycles. The first kappa shape index (κ1) is 25.4. The predicted molar refractivity (Wildman–Crippen MR) is 117 cm³/mol. The number of hydrogen-bond acceptors (Lipinski definition) is 3. The van der Waals surface area contributed by atoms with Gasteiger partial charge in [0.25, 0.3) is 0 Å². The number of likely N-dealkylation sites (tertiary alicyclic amines) is 1. The molecule has 0 radical (unpaired) electrons. The summed E-state index contributed by atoms with van der Waals surface area (Å²) < 4.78 is 0. The van der Waals surface area contributed by atoms with E-state index in [0.717, 1.165) is 19.5 Å². The van der Waals surface area contributed by atoms with Gasteiger partial charge in [-0.15, -0.1) is 0 Å². The Morgan fingerprint density at radius 2 is 1.70 bits per heavy atom. The van der Waals surface area contributed by atoms with Crippen LogP contribution in [-0.2, 0) is 0 Å². The van der Waals surface area contributed by atoms with Gasteiger partial charge in [-0.2, -0.15) is 0 Å². The van der Waals surface area contributed by atoms with Crippen LogP contribution in [0.3, 0.4) is 0 Å². The largest absolute Gasteiger partial charge is 0.465 e. The Labute approximate surface area is 166 Å². The number of allylic oxidation sites excluding steroid dienone is 4. The van der Waals surface area contributed by atoms with E-state index >= 15 is 0 Å². The first-order valence-corrected chi connectivity index (χ1v) is 10.7. The molecule has 5 nitrogen and oxygen atoms in total. The third kappa shape index (κ3) is 9.23. The smallest absolute Gasteiger partial charge is 0.404 e. The molecule has 0 bridgehead atoms. The Morgan fingerprint density at radius 1 is 1.07 bits per heavy atom. The van der Waals surface area contributed by atoms with E-state index in [-0.39, 0.29) is 6.04 Å². The van der Waals surface area contributed by atoms with E-state index in [1.54, 1.807) is 0 Å². The minimum Gasteiger partial charge on any atom is -0.465 e. The molecule has 0 aromatic rings. The molecule has 1 aliphatic heterocycles. The lowest BCUT2D eigenvalue weighted by Gasteiger charge is -2.34. The van der Waals surface area contributed by atoms with Gasteiger partial charge in [-0.05, 0) is 52.0 Å². The van der Waals surface area contributed by atoms with Gasteiger partial charge < -0.3 is 10.4 Å². The average Bonchev–Trinajstić information content (AvgIpc) is 3.16. The summed E-state index contributed by atoms with van der Waals surface area (Å²) >= 11 is 0. The van der Waals surface area contributed by atoms with Crippen molar-refractivity contribution in [2.24, 2.45) is 10.9 Å². The number of rotatable bonds is 5. The zero-order valence-electron chi connectivity index (χ0n) is 18.2. The third-order valence-electron chi connectivity index (χ3n) is 4.92. The van der Waals surface area contributed by atoms with E-state index in [4.69, 9.17) is 5.11 Å². The van der Waals surface area contributed by atoms with Crippen LogP contribution in [-0.4, -0.2) is 47.5 Å². The summed E-state index contributed by atoms with van der Waals surface area (Å²) in [5, 5.41) is 11.4. The van der Waals surface area contributed by atoms with E-state index in [9.17, 15) is 4.79 Å². The Balaban J connectivity index is 0.00000158. The molecule has 0 aromatic carbocycles. The second-order valence-electron chi connectivity index (χ2n) is 6.44. The molecular formula is C22H41N3O2. The molecule has 1 heterocycles. The van der Waals surface area contributed by atoms with Crippen LogP contribution in [0.1, 0.15) is 73.6 Å². The van der Waals surface area contributed by atoms with Crippen molar-refractivity contribution in [3.63, 3.8) is 0 Å². The fraction of sp³-hybridized carbons (Fsp3) is 0.727. The van der Waals surface area contributed by atoms with Gasteiger partial charge in [0, 0.05) is 43.0 Å². The molecule has 2 fully saturated rings. The number of nitrogens with zero attached hydrogens (tertiary/aromatic N) is 2. The summed E-state index contributed by atoms with van der Waals surface area (Å²) in [5.41, 5.74) is 1.19. The van der Waals surface area contributed by atoms with E-state index in [1.807, 2.05) is 53.8 Å². The molecule has 5 heteroatoms. The zero-order valence-corrected chi connectivity index (χ0v) is 18.2.